The van der Waals surface area contributed by atoms with Crippen molar-refractivity contribution >= 4 is 33.8 Å². The molecule has 42 heavy (non-hydrogen) atoms. The van der Waals surface area contributed by atoms with Crippen molar-refractivity contribution in [2.75, 3.05) is 19.4 Å². The van der Waals surface area contributed by atoms with Gasteiger partial charge in [-0.25, -0.2) is 23.5 Å². The van der Waals surface area contributed by atoms with E-state index in [1.807, 2.05) is 70.2 Å². The van der Waals surface area contributed by atoms with E-state index in [-0.39, 0.29) is 24.8 Å². The Bertz CT molecular complexity index is 1140. The molecule has 236 valence electrons. The van der Waals surface area contributed by atoms with Crippen LogP contribution in [-0.4, -0.2) is 62.9 Å². The summed E-state index contributed by atoms with van der Waals surface area (Å²) in [5.41, 5.74) is 6.19. The van der Waals surface area contributed by atoms with Gasteiger partial charge < -0.3 is 4.74 Å². The summed E-state index contributed by atoms with van der Waals surface area (Å²) in [6.07, 6.45) is 7.27. The first kappa shape index (κ1) is 35.4. The second kappa shape index (κ2) is 17.3. The van der Waals surface area contributed by atoms with Gasteiger partial charge in [0.1, 0.15) is 0 Å². The molecular weight excluding hydrogens is 560 g/mol. The number of amides is 3. The molecule has 3 N–H and O–H groups in total. The molecule has 0 aromatic heterocycles. The Hall–Kier alpha value is -2.80. The zero-order valence-corrected chi connectivity index (χ0v) is 26.5. The van der Waals surface area contributed by atoms with Gasteiger partial charge in [0.2, 0.25) is 21.8 Å². The SMILES string of the molecule is CC(C)C[C@@H](C(=O)NN(CC(C)C)C(=O)[C@@H](C)NS(C)(=O)=O)[C@H](CC=Cc1ccccc1)C(=O)NOC1CCCCO1. The molecule has 1 fully saturated rings. The molecule has 1 saturated heterocycles. The van der Waals surface area contributed by atoms with Gasteiger partial charge in [-0.15, -0.1) is 0 Å². The molecule has 0 bridgehead atoms. The van der Waals surface area contributed by atoms with Crippen LogP contribution in [0.5, 0.6) is 0 Å². The van der Waals surface area contributed by atoms with Crippen LogP contribution in [-0.2, 0) is 34.0 Å². The monoisotopic (exact) mass is 608 g/mol. The maximum atomic E-state index is 13.9. The third kappa shape index (κ3) is 13.0. The van der Waals surface area contributed by atoms with Crippen LogP contribution in [0.4, 0.5) is 0 Å². The lowest BCUT2D eigenvalue weighted by molar-refractivity contribution is -0.203. The van der Waals surface area contributed by atoms with Crippen molar-refractivity contribution in [2.45, 2.75) is 79.1 Å². The number of allylic oxidation sites excluding steroid dienone is 1. The number of hydrazine groups is 1. The number of carbonyl (C=O) groups is 3. The Balaban J connectivity index is 2.32. The topological polar surface area (TPSA) is 143 Å². The fraction of sp³-hybridized carbons (Fsp3) is 0.633. The second-order valence-corrected chi connectivity index (χ2v) is 13.5. The molecule has 0 radical (unpaired) electrons. The predicted molar refractivity (Wildman–Crippen MR) is 161 cm³/mol. The first-order valence-corrected chi connectivity index (χ1v) is 16.5. The summed E-state index contributed by atoms with van der Waals surface area (Å²) in [6, 6.07) is 8.52. The highest BCUT2D eigenvalue weighted by molar-refractivity contribution is 7.88. The number of carbonyl (C=O) groups excluding carboxylic acids is 3. The van der Waals surface area contributed by atoms with Crippen LogP contribution in [0.1, 0.15) is 72.3 Å². The van der Waals surface area contributed by atoms with Crippen molar-refractivity contribution in [2.24, 2.45) is 23.7 Å². The van der Waals surface area contributed by atoms with Crippen molar-refractivity contribution in [3.05, 3.63) is 42.0 Å². The summed E-state index contributed by atoms with van der Waals surface area (Å²) < 4.78 is 31.3. The number of nitrogens with one attached hydrogen (secondary N) is 3. The molecule has 1 aromatic rings. The third-order valence-corrected chi connectivity index (χ3v) is 7.42. The van der Waals surface area contributed by atoms with Gasteiger partial charge in [0.25, 0.3) is 5.91 Å². The molecule has 0 saturated carbocycles. The molecule has 1 unspecified atom stereocenters. The Labute approximate surface area is 250 Å². The average molecular weight is 609 g/mol. The smallest absolute Gasteiger partial charge is 0.258 e. The molecule has 11 nitrogen and oxygen atoms in total. The number of rotatable bonds is 15. The maximum Gasteiger partial charge on any atom is 0.258 e. The molecule has 2 rings (SSSR count). The van der Waals surface area contributed by atoms with Gasteiger partial charge in [-0.3, -0.25) is 24.8 Å². The Morgan fingerprint density at radius 2 is 1.71 bits per heavy atom. The van der Waals surface area contributed by atoms with Gasteiger partial charge in [-0.2, -0.15) is 0 Å². The first-order chi connectivity index (χ1) is 19.8. The van der Waals surface area contributed by atoms with Crippen LogP contribution in [0.3, 0.4) is 0 Å². The van der Waals surface area contributed by atoms with Gasteiger partial charge in [0.15, 0.2) is 6.29 Å². The summed E-state index contributed by atoms with van der Waals surface area (Å²) >= 11 is 0. The molecule has 12 heteroatoms. The van der Waals surface area contributed by atoms with Crippen molar-refractivity contribution in [3.63, 3.8) is 0 Å². The van der Waals surface area contributed by atoms with E-state index in [2.05, 4.69) is 15.6 Å². The van der Waals surface area contributed by atoms with Crippen LogP contribution in [0.2, 0.25) is 0 Å². The van der Waals surface area contributed by atoms with E-state index in [1.165, 1.54) is 6.92 Å². The maximum absolute atomic E-state index is 13.9. The molecule has 1 heterocycles. The van der Waals surface area contributed by atoms with Gasteiger partial charge in [0.05, 0.1) is 24.1 Å². The summed E-state index contributed by atoms with van der Waals surface area (Å²) in [4.78, 5) is 46.2. The number of hydrogen-bond donors (Lipinski definition) is 3. The number of hydroxylamine groups is 1. The highest BCUT2D eigenvalue weighted by atomic mass is 32.2. The third-order valence-electron chi connectivity index (χ3n) is 6.63. The van der Waals surface area contributed by atoms with Crippen molar-refractivity contribution < 1.29 is 32.4 Å². The minimum Gasteiger partial charge on any atom is -0.350 e. The minimum absolute atomic E-state index is 0.0278. The van der Waals surface area contributed by atoms with Crippen LogP contribution in [0.25, 0.3) is 6.08 Å². The fourth-order valence-electron chi connectivity index (χ4n) is 4.71. The van der Waals surface area contributed by atoms with E-state index in [0.717, 1.165) is 29.7 Å². The number of ether oxygens (including phenoxy) is 1. The van der Waals surface area contributed by atoms with E-state index in [9.17, 15) is 22.8 Å². The quantitative estimate of drug-likeness (QED) is 0.259. The summed E-state index contributed by atoms with van der Waals surface area (Å²) in [5, 5.41) is 1.14. The molecular formula is C30H48N4O7S. The lowest BCUT2D eigenvalue weighted by Gasteiger charge is -2.32. The van der Waals surface area contributed by atoms with E-state index in [0.29, 0.717) is 19.4 Å². The second-order valence-electron chi connectivity index (χ2n) is 11.7. The van der Waals surface area contributed by atoms with Crippen molar-refractivity contribution in [3.8, 4) is 0 Å². The number of sulfonamides is 1. The lowest BCUT2D eigenvalue weighted by atomic mass is 9.82. The normalized spacial score (nSPS) is 18.0. The summed E-state index contributed by atoms with van der Waals surface area (Å²) in [6.45, 7) is 9.79. The van der Waals surface area contributed by atoms with Gasteiger partial charge in [-0.05, 0) is 50.0 Å². The molecule has 3 amide bonds. The van der Waals surface area contributed by atoms with Crippen molar-refractivity contribution in [1.29, 1.82) is 0 Å². The zero-order valence-electron chi connectivity index (χ0n) is 25.7. The van der Waals surface area contributed by atoms with E-state index >= 15 is 0 Å². The van der Waals surface area contributed by atoms with Crippen LogP contribution >= 0.6 is 0 Å². The number of benzene rings is 1. The molecule has 1 aliphatic rings. The van der Waals surface area contributed by atoms with Crippen LogP contribution < -0.4 is 15.6 Å². The summed E-state index contributed by atoms with van der Waals surface area (Å²) in [5.74, 6) is -3.19. The number of nitrogens with zero attached hydrogens (tertiary/aromatic N) is 1. The summed E-state index contributed by atoms with van der Waals surface area (Å²) in [7, 11) is -3.66. The molecule has 0 spiro atoms. The minimum atomic E-state index is -3.66. The van der Waals surface area contributed by atoms with Gasteiger partial charge >= 0.3 is 0 Å². The molecule has 0 aliphatic carbocycles. The van der Waals surface area contributed by atoms with E-state index in [4.69, 9.17) is 9.57 Å². The largest absolute Gasteiger partial charge is 0.350 e. The predicted octanol–water partition coefficient (Wildman–Crippen LogP) is 3.40. The average Bonchev–Trinajstić information content (AvgIpc) is 2.92. The zero-order chi connectivity index (χ0) is 31.3. The standard InChI is InChI=1S/C30H48N4O7S/c1-21(2)19-26(28(35)31-34(20-22(3)4)30(37)23(5)33-42(6,38)39)25(16-12-15-24-13-8-7-9-14-24)29(36)32-41-27-17-10-11-18-40-27/h7-9,12-15,21-23,25-27,33H,10-11,16-20H2,1-6H3,(H,31,35)(H,32,36)/t23-,25+,26-,27?/m1/s1. The highest BCUT2D eigenvalue weighted by Crippen LogP contribution is 2.26. The Morgan fingerprint density at radius 3 is 2.29 bits per heavy atom. The highest BCUT2D eigenvalue weighted by Gasteiger charge is 2.36. The van der Waals surface area contributed by atoms with Crippen LogP contribution in [0, 0.1) is 23.7 Å². The van der Waals surface area contributed by atoms with E-state index < -0.39 is 51.9 Å². The molecule has 4 atom stereocenters. The lowest BCUT2D eigenvalue weighted by Crippen LogP contribution is -2.56. The molecule has 1 aromatic carbocycles. The molecule has 1 aliphatic heterocycles. The Kier molecular flexibility index (Phi) is 14.6. The van der Waals surface area contributed by atoms with Gasteiger partial charge in [-0.1, -0.05) is 70.2 Å². The van der Waals surface area contributed by atoms with Crippen molar-refractivity contribution in [1.82, 2.24) is 20.6 Å². The Morgan fingerprint density at radius 1 is 1.02 bits per heavy atom. The van der Waals surface area contributed by atoms with Crippen LogP contribution in [0.15, 0.2) is 36.4 Å². The number of hydrogen-bond acceptors (Lipinski definition) is 7. The van der Waals surface area contributed by atoms with E-state index in [1.54, 1.807) is 0 Å². The fourth-order valence-corrected chi connectivity index (χ4v) is 5.45. The first-order valence-electron chi connectivity index (χ1n) is 14.6. The van der Waals surface area contributed by atoms with Gasteiger partial charge in [0, 0.05) is 19.6 Å².